The summed E-state index contributed by atoms with van der Waals surface area (Å²) in [5.74, 6) is 0.634. The van der Waals surface area contributed by atoms with E-state index in [9.17, 15) is 0 Å². The third-order valence-electron chi connectivity index (χ3n) is 3.52. The lowest BCUT2D eigenvalue weighted by Crippen LogP contribution is -2.16. The maximum absolute atomic E-state index is 8.88. The minimum Gasteiger partial charge on any atom is -0.396 e. The number of aliphatic hydroxyl groups is 1. The van der Waals surface area contributed by atoms with Gasteiger partial charge < -0.3 is 10.4 Å². The van der Waals surface area contributed by atoms with Gasteiger partial charge in [0.05, 0.1) is 0 Å². The maximum Gasteiger partial charge on any atom is 0.0431 e. The van der Waals surface area contributed by atoms with Crippen LogP contribution in [0.5, 0.6) is 0 Å². The van der Waals surface area contributed by atoms with Crippen LogP contribution in [0.25, 0.3) is 0 Å². The van der Waals surface area contributed by atoms with E-state index in [0.717, 1.165) is 12.8 Å². The van der Waals surface area contributed by atoms with E-state index in [1.807, 2.05) is 7.05 Å². The Morgan fingerprint density at radius 3 is 2.24 bits per heavy atom. The molecule has 0 radical (unpaired) electrons. The van der Waals surface area contributed by atoms with Crippen molar-refractivity contribution in [3.8, 4) is 0 Å². The maximum atomic E-state index is 8.88. The number of hydrogen-bond donors (Lipinski definition) is 2. The van der Waals surface area contributed by atoms with Crippen LogP contribution in [0, 0.1) is 0 Å². The first-order chi connectivity index (χ1) is 8.22. The number of benzene rings is 1. The van der Waals surface area contributed by atoms with E-state index in [0.29, 0.717) is 12.0 Å². The van der Waals surface area contributed by atoms with Crippen molar-refractivity contribution in [2.24, 2.45) is 0 Å². The molecule has 0 spiro atoms. The Bertz CT molecular complexity index is 307. The number of nitrogens with one attached hydrogen (secondary N) is 1. The van der Waals surface area contributed by atoms with Crippen molar-refractivity contribution in [2.75, 3.05) is 13.7 Å². The zero-order valence-electron chi connectivity index (χ0n) is 11.2. The second-order valence-electron chi connectivity index (χ2n) is 4.68. The summed E-state index contributed by atoms with van der Waals surface area (Å²) in [5, 5.41) is 12.2. The fourth-order valence-corrected chi connectivity index (χ4v) is 2.07. The lowest BCUT2D eigenvalue weighted by atomic mass is 9.95. The zero-order chi connectivity index (χ0) is 12.7. The van der Waals surface area contributed by atoms with Gasteiger partial charge in [-0.2, -0.15) is 0 Å². The summed E-state index contributed by atoms with van der Waals surface area (Å²) in [6.45, 7) is 4.75. The SMILES string of the molecule is CCC(C)c1ccc(C(CCCO)NC)cc1. The molecule has 2 nitrogen and oxygen atoms in total. The highest BCUT2D eigenvalue weighted by Crippen LogP contribution is 2.23. The van der Waals surface area contributed by atoms with Crippen LogP contribution in [0.4, 0.5) is 0 Å². The fourth-order valence-electron chi connectivity index (χ4n) is 2.07. The average Bonchev–Trinajstić information content (AvgIpc) is 2.39. The molecule has 1 rings (SSSR count). The third kappa shape index (κ3) is 4.14. The highest BCUT2D eigenvalue weighted by atomic mass is 16.2. The molecule has 0 fully saturated rings. The van der Waals surface area contributed by atoms with Crippen molar-refractivity contribution < 1.29 is 5.11 Å². The first-order valence-corrected chi connectivity index (χ1v) is 6.60. The van der Waals surface area contributed by atoms with E-state index in [4.69, 9.17) is 5.11 Å². The van der Waals surface area contributed by atoms with Gasteiger partial charge in [0, 0.05) is 12.6 Å². The Morgan fingerprint density at radius 1 is 1.18 bits per heavy atom. The Labute approximate surface area is 105 Å². The molecule has 0 aliphatic rings. The largest absolute Gasteiger partial charge is 0.396 e. The van der Waals surface area contributed by atoms with Crippen molar-refractivity contribution >= 4 is 0 Å². The molecule has 2 unspecified atom stereocenters. The molecule has 0 amide bonds. The predicted molar refractivity (Wildman–Crippen MR) is 73.3 cm³/mol. The summed E-state index contributed by atoms with van der Waals surface area (Å²) in [5.41, 5.74) is 2.72. The summed E-state index contributed by atoms with van der Waals surface area (Å²) in [6.07, 6.45) is 3.01. The standard InChI is InChI=1S/C15H25NO/c1-4-12(2)13-7-9-14(10-8-13)15(16-3)6-5-11-17/h7-10,12,15-17H,4-6,11H2,1-3H3. The molecule has 96 valence electrons. The molecule has 0 saturated carbocycles. The van der Waals surface area contributed by atoms with E-state index in [-0.39, 0.29) is 6.61 Å². The lowest BCUT2D eigenvalue weighted by Gasteiger charge is -2.17. The van der Waals surface area contributed by atoms with E-state index < -0.39 is 0 Å². The second-order valence-corrected chi connectivity index (χ2v) is 4.68. The van der Waals surface area contributed by atoms with Crippen LogP contribution < -0.4 is 5.32 Å². The molecule has 0 aliphatic heterocycles. The van der Waals surface area contributed by atoms with Gasteiger partial charge in [0.25, 0.3) is 0 Å². The Hall–Kier alpha value is -0.860. The smallest absolute Gasteiger partial charge is 0.0431 e. The highest BCUT2D eigenvalue weighted by Gasteiger charge is 2.09. The van der Waals surface area contributed by atoms with Crippen molar-refractivity contribution in [3.63, 3.8) is 0 Å². The minimum absolute atomic E-state index is 0.267. The summed E-state index contributed by atoms with van der Waals surface area (Å²) < 4.78 is 0. The normalized spacial score (nSPS) is 14.6. The van der Waals surface area contributed by atoms with E-state index in [1.54, 1.807) is 0 Å². The molecule has 2 atom stereocenters. The topological polar surface area (TPSA) is 32.3 Å². The first-order valence-electron chi connectivity index (χ1n) is 6.60. The molecule has 0 aliphatic carbocycles. The zero-order valence-corrected chi connectivity index (χ0v) is 11.2. The van der Waals surface area contributed by atoms with E-state index >= 15 is 0 Å². The van der Waals surface area contributed by atoms with Crippen LogP contribution in [-0.2, 0) is 0 Å². The van der Waals surface area contributed by atoms with Gasteiger partial charge in [-0.1, -0.05) is 38.1 Å². The molecule has 0 aromatic heterocycles. The third-order valence-corrected chi connectivity index (χ3v) is 3.52. The number of rotatable bonds is 7. The molecule has 2 N–H and O–H groups in total. The molecule has 2 heteroatoms. The van der Waals surface area contributed by atoms with E-state index in [1.165, 1.54) is 17.5 Å². The molecule has 17 heavy (non-hydrogen) atoms. The van der Waals surface area contributed by atoms with Crippen molar-refractivity contribution in [2.45, 2.75) is 45.1 Å². The summed E-state index contributed by atoms with van der Waals surface area (Å²) in [7, 11) is 1.98. The minimum atomic E-state index is 0.267. The summed E-state index contributed by atoms with van der Waals surface area (Å²) in [6, 6.07) is 9.23. The van der Waals surface area contributed by atoms with Gasteiger partial charge in [0.15, 0.2) is 0 Å². The van der Waals surface area contributed by atoms with Crippen LogP contribution in [0.3, 0.4) is 0 Å². The first kappa shape index (κ1) is 14.2. The van der Waals surface area contributed by atoms with Gasteiger partial charge in [0.2, 0.25) is 0 Å². The Balaban J connectivity index is 2.70. The lowest BCUT2D eigenvalue weighted by molar-refractivity contribution is 0.276. The second kappa shape index (κ2) is 7.46. The van der Waals surface area contributed by atoms with Crippen LogP contribution >= 0.6 is 0 Å². The molecule has 1 aromatic rings. The summed E-state index contributed by atoms with van der Waals surface area (Å²) >= 11 is 0. The number of hydrogen-bond acceptors (Lipinski definition) is 2. The van der Waals surface area contributed by atoms with Crippen LogP contribution in [-0.4, -0.2) is 18.8 Å². The van der Waals surface area contributed by atoms with Crippen molar-refractivity contribution in [1.29, 1.82) is 0 Å². The monoisotopic (exact) mass is 235 g/mol. The molecule has 0 heterocycles. The Kier molecular flexibility index (Phi) is 6.23. The number of aliphatic hydroxyl groups excluding tert-OH is 1. The van der Waals surface area contributed by atoms with Gasteiger partial charge in [-0.05, 0) is 43.4 Å². The molecule has 1 aromatic carbocycles. The van der Waals surface area contributed by atoms with Crippen molar-refractivity contribution in [1.82, 2.24) is 5.32 Å². The quantitative estimate of drug-likeness (QED) is 0.760. The van der Waals surface area contributed by atoms with Gasteiger partial charge >= 0.3 is 0 Å². The van der Waals surface area contributed by atoms with Gasteiger partial charge in [-0.3, -0.25) is 0 Å². The average molecular weight is 235 g/mol. The predicted octanol–water partition coefficient (Wildman–Crippen LogP) is 3.23. The van der Waals surface area contributed by atoms with E-state index in [2.05, 4.69) is 43.4 Å². The van der Waals surface area contributed by atoms with Crippen molar-refractivity contribution in [3.05, 3.63) is 35.4 Å². The summed E-state index contributed by atoms with van der Waals surface area (Å²) in [4.78, 5) is 0. The molecule has 0 bridgehead atoms. The Morgan fingerprint density at radius 2 is 1.76 bits per heavy atom. The molecular weight excluding hydrogens is 210 g/mol. The molecular formula is C15H25NO. The highest BCUT2D eigenvalue weighted by molar-refractivity contribution is 5.27. The van der Waals surface area contributed by atoms with Crippen LogP contribution in [0.15, 0.2) is 24.3 Å². The van der Waals surface area contributed by atoms with Gasteiger partial charge in [-0.15, -0.1) is 0 Å². The molecule has 0 saturated heterocycles. The van der Waals surface area contributed by atoms with Gasteiger partial charge in [0.1, 0.15) is 0 Å². The van der Waals surface area contributed by atoms with Crippen LogP contribution in [0.2, 0.25) is 0 Å². The van der Waals surface area contributed by atoms with Gasteiger partial charge in [-0.25, -0.2) is 0 Å². The van der Waals surface area contributed by atoms with Crippen LogP contribution in [0.1, 0.15) is 56.2 Å². The fraction of sp³-hybridized carbons (Fsp3) is 0.600.